The highest BCUT2D eigenvalue weighted by atomic mass is 19.2. The van der Waals surface area contributed by atoms with Crippen molar-refractivity contribution in [2.45, 2.75) is 19.3 Å². The van der Waals surface area contributed by atoms with E-state index in [0.29, 0.717) is 26.2 Å². The first kappa shape index (κ1) is 23.9. The number of nitrogens with zero attached hydrogens (tertiary/aromatic N) is 2. The van der Waals surface area contributed by atoms with E-state index in [2.05, 4.69) is 5.32 Å². The second-order valence-corrected chi connectivity index (χ2v) is 9.55. The highest BCUT2D eigenvalue weighted by molar-refractivity contribution is 6.01. The standard InChI is InChI=1S/C28H26F3N3O2/c29-22-10-8-20(25(30)26(22)31)9-11-24(35)34-17-14-28(18-34)12-15-33(16-13-28)27(36)32-23-7-3-5-19-4-1-2-6-21(19)23/h1-11H,12-18H2,(H,32,36)/b11-9+. The summed E-state index contributed by atoms with van der Waals surface area (Å²) in [5, 5.41) is 5.09. The van der Waals surface area contributed by atoms with Gasteiger partial charge in [-0.3, -0.25) is 4.79 Å². The summed E-state index contributed by atoms with van der Waals surface area (Å²) in [6, 6.07) is 15.5. The number of carbonyl (C=O) groups is 2. The maximum Gasteiger partial charge on any atom is 0.321 e. The van der Waals surface area contributed by atoms with Crippen LogP contribution >= 0.6 is 0 Å². The predicted octanol–water partition coefficient (Wildman–Crippen LogP) is 5.82. The van der Waals surface area contributed by atoms with Gasteiger partial charge in [-0.2, -0.15) is 0 Å². The SMILES string of the molecule is O=C(/C=C/c1ccc(F)c(F)c1F)N1CCC2(CCN(C(=O)Nc3cccc4ccccc34)CC2)C1. The molecule has 2 aliphatic rings. The Labute approximate surface area is 207 Å². The van der Waals surface area contributed by atoms with Gasteiger partial charge >= 0.3 is 6.03 Å². The number of fused-ring (bicyclic) bond motifs is 1. The summed E-state index contributed by atoms with van der Waals surface area (Å²) in [7, 11) is 0. The number of piperidine rings is 1. The van der Waals surface area contributed by atoms with E-state index in [9.17, 15) is 22.8 Å². The molecule has 1 N–H and O–H groups in total. The van der Waals surface area contributed by atoms with Crippen molar-refractivity contribution < 1.29 is 22.8 Å². The fraction of sp³-hybridized carbons (Fsp3) is 0.286. The Morgan fingerprint density at radius 2 is 1.53 bits per heavy atom. The highest BCUT2D eigenvalue weighted by Gasteiger charge is 2.42. The molecule has 3 amide bonds. The van der Waals surface area contributed by atoms with Crippen LogP contribution in [0.2, 0.25) is 0 Å². The molecule has 0 saturated carbocycles. The van der Waals surface area contributed by atoms with E-state index >= 15 is 0 Å². The lowest BCUT2D eigenvalue weighted by Crippen LogP contribution is -2.46. The summed E-state index contributed by atoms with van der Waals surface area (Å²) in [6.07, 6.45) is 4.75. The fourth-order valence-corrected chi connectivity index (χ4v) is 5.18. The first-order valence-corrected chi connectivity index (χ1v) is 12.0. The Balaban J connectivity index is 1.17. The summed E-state index contributed by atoms with van der Waals surface area (Å²) in [4.78, 5) is 29.1. The van der Waals surface area contributed by atoms with Gasteiger partial charge in [0.25, 0.3) is 0 Å². The van der Waals surface area contributed by atoms with Crippen molar-refractivity contribution in [2.75, 3.05) is 31.5 Å². The number of carbonyl (C=O) groups excluding carboxylic acids is 2. The third kappa shape index (κ3) is 4.67. The molecule has 5 nitrogen and oxygen atoms in total. The van der Waals surface area contributed by atoms with Crippen LogP contribution in [0.25, 0.3) is 16.8 Å². The van der Waals surface area contributed by atoms with Crippen molar-refractivity contribution in [1.29, 1.82) is 0 Å². The molecule has 0 unspecified atom stereocenters. The number of halogens is 3. The lowest BCUT2D eigenvalue weighted by Gasteiger charge is -2.39. The molecular weight excluding hydrogens is 467 g/mol. The Morgan fingerprint density at radius 3 is 2.31 bits per heavy atom. The molecule has 36 heavy (non-hydrogen) atoms. The van der Waals surface area contributed by atoms with Crippen molar-refractivity contribution in [3.63, 3.8) is 0 Å². The van der Waals surface area contributed by atoms with Crippen LogP contribution in [0.5, 0.6) is 0 Å². The minimum Gasteiger partial charge on any atom is -0.339 e. The molecule has 0 atom stereocenters. The number of likely N-dealkylation sites (tertiary alicyclic amines) is 2. The number of benzene rings is 3. The summed E-state index contributed by atoms with van der Waals surface area (Å²) in [5.74, 6) is -4.44. The van der Waals surface area contributed by atoms with Gasteiger partial charge < -0.3 is 15.1 Å². The molecule has 186 valence electrons. The van der Waals surface area contributed by atoms with Crippen molar-refractivity contribution in [3.8, 4) is 0 Å². The Morgan fingerprint density at radius 1 is 0.833 bits per heavy atom. The molecule has 0 bridgehead atoms. The quantitative estimate of drug-likeness (QED) is 0.370. The number of hydrogen-bond acceptors (Lipinski definition) is 2. The zero-order chi connectivity index (χ0) is 25.3. The molecule has 3 aromatic rings. The van der Waals surface area contributed by atoms with Crippen molar-refractivity contribution in [1.82, 2.24) is 9.80 Å². The summed E-state index contributed by atoms with van der Waals surface area (Å²) >= 11 is 0. The molecule has 2 aliphatic heterocycles. The normalized spacial score (nSPS) is 17.3. The third-order valence-electron chi connectivity index (χ3n) is 7.36. The van der Waals surface area contributed by atoms with Gasteiger partial charge in [-0.05, 0) is 54.3 Å². The Hall–Kier alpha value is -3.81. The Kier molecular flexibility index (Phi) is 6.43. The van der Waals surface area contributed by atoms with Crippen molar-refractivity contribution >= 4 is 34.5 Å². The molecule has 2 fully saturated rings. The van der Waals surface area contributed by atoms with E-state index in [1.807, 2.05) is 47.4 Å². The average molecular weight is 494 g/mol. The number of amides is 3. The highest BCUT2D eigenvalue weighted by Crippen LogP contribution is 2.40. The molecule has 0 aliphatic carbocycles. The average Bonchev–Trinajstić information content (AvgIpc) is 3.31. The number of hydrogen-bond donors (Lipinski definition) is 1. The molecule has 3 aromatic carbocycles. The van der Waals surface area contributed by atoms with Crippen LogP contribution in [-0.2, 0) is 4.79 Å². The van der Waals surface area contributed by atoms with Crippen LogP contribution in [0.15, 0.2) is 60.7 Å². The van der Waals surface area contributed by atoms with Crippen molar-refractivity contribution in [3.05, 3.63) is 83.7 Å². The van der Waals surface area contributed by atoms with Crippen LogP contribution in [0.4, 0.5) is 23.7 Å². The molecule has 0 aromatic heterocycles. The van der Waals surface area contributed by atoms with Gasteiger partial charge in [0.2, 0.25) is 5.91 Å². The summed E-state index contributed by atoms with van der Waals surface area (Å²) in [5.41, 5.74) is 0.536. The number of nitrogens with one attached hydrogen (secondary N) is 1. The Bertz CT molecular complexity index is 1340. The van der Waals surface area contributed by atoms with Gasteiger partial charge in [0.1, 0.15) is 0 Å². The first-order chi connectivity index (χ1) is 17.3. The smallest absolute Gasteiger partial charge is 0.321 e. The molecule has 8 heteroatoms. The van der Waals surface area contributed by atoms with Gasteiger partial charge in [0.05, 0.1) is 5.69 Å². The van der Waals surface area contributed by atoms with E-state index < -0.39 is 17.5 Å². The topological polar surface area (TPSA) is 52.7 Å². The van der Waals surface area contributed by atoms with Crippen LogP contribution in [0.1, 0.15) is 24.8 Å². The van der Waals surface area contributed by atoms with E-state index in [1.165, 1.54) is 12.2 Å². The number of anilines is 1. The first-order valence-electron chi connectivity index (χ1n) is 12.0. The minimum absolute atomic E-state index is 0.0625. The maximum absolute atomic E-state index is 13.9. The maximum atomic E-state index is 13.9. The van der Waals surface area contributed by atoms with Gasteiger partial charge in [-0.25, -0.2) is 18.0 Å². The third-order valence-corrected chi connectivity index (χ3v) is 7.36. The van der Waals surface area contributed by atoms with E-state index in [0.717, 1.165) is 47.9 Å². The van der Waals surface area contributed by atoms with Crippen molar-refractivity contribution in [2.24, 2.45) is 5.41 Å². The summed E-state index contributed by atoms with van der Waals surface area (Å²) < 4.78 is 40.4. The second kappa shape index (κ2) is 9.68. The predicted molar refractivity (Wildman–Crippen MR) is 133 cm³/mol. The zero-order valence-electron chi connectivity index (χ0n) is 19.6. The van der Waals surface area contributed by atoms with Crippen LogP contribution < -0.4 is 5.32 Å². The second-order valence-electron chi connectivity index (χ2n) is 9.55. The van der Waals surface area contributed by atoms with E-state index in [4.69, 9.17) is 0 Å². The molecule has 2 heterocycles. The monoisotopic (exact) mass is 493 g/mol. The number of rotatable bonds is 3. The number of urea groups is 1. The van der Waals surface area contributed by atoms with E-state index in [1.54, 1.807) is 4.90 Å². The van der Waals surface area contributed by atoms with Crippen LogP contribution in [-0.4, -0.2) is 47.9 Å². The minimum atomic E-state index is -1.55. The van der Waals surface area contributed by atoms with Gasteiger partial charge in [-0.15, -0.1) is 0 Å². The van der Waals surface area contributed by atoms with Gasteiger partial charge in [0.15, 0.2) is 17.5 Å². The largest absolute Gasteiger partial charge is 0.339 e. The molecule has 2 saturated heterocycles. The lowest BCUT2D eigenvalue weighted by atomic mass is 9.78. The fourth-order valence-electron chi connectivity index (χ4n) is 5.18. The molecular formula is C28H26F3N3O2. The van der Waals surface area contributed by atoms with Crippen LogP contribution in [0.3, 0.4) is 0 Å². The van der Waals surface area contributed by atoms with E-state index in [-0.39, 0.29) is 22.9 Å². The zero-order valence-corrected chi connectivity index (χ0v) is 19.6. The van der Waals surface area contributed by atoms with Gasteiger partial charge in [-0.1, -0.05) is 36.4 Å². The molecule has 0 radical (unpaired) electrons. The van der Waals surface area contributed by atoms with Crippen LogP contribution in [0, 0.1) is 22.9 Å². The molecule has 5 rings (SSSR count). The lowest BCUT2D eigenvalue weighted by molar-refractivity contribution is -0.125. The van der Waals surface area contributed by atoms with Gasteiger partial charge in [0, 0.05) is 43.2 Å². The summed E-state index contributed by atoms with van der Waals surface area (Å²) in [6.45, 7) is 2.30. The molecule has 1 spiro atoms.